The lowest BCUT2D eigenvalue weighted by Gasteiger charge is -2.16. The van der Waals surface area contributed by atoms with Gasteiger partial charge in [-0.3, -0.25) is 4.90 Å². The van der Waals surface area contributed by atoms with E-state index >= 15 is 0 Å². The van der Waals surface area contributed by atoms with E-state index in [1.165, 1.54) is 5.56 Å². The van der Waals surface area contributed by atoms with E-state index in [4.69, 9.17) is 4.52 Å². The Labute approximate surface area is 121 Å². The van der Waals surface area contributed by atoms with E-state index in [1.54, 1.807) is 11.0 Å². The summed E-state index contributed by atoms with van der Waals surface area (Å²) in [5, 5.41) is 1.08. The maximum Gasteiger partial charge on any atom is 0.143 e. The van der Waals surface area contributed by atoms with E-state index in [0.717, 1.165) is 28.8 Å². The summed E-state index contributed by atoms with van der Waals surface area (Å²) in [6, 6.07) is 5.91. The van der Waals surface area contributed by atoms with Gasteiger partial charge in [0, 0.05) is 29.7 Å². The number of aromatic amines is 1. The smallest absolute Gasteiger partial charge is 0.143 e. The summed E-state index contributed by atoms with van der Waals surface area (Å²) < 4.78 is 18.2. The molecule has 0 radical (unpaired) electrons. The molecule has 2 rings (SSSR count). The molecule has 0 fully saturated rings. The number of hydrogen-bond acceptors (Lipinski definition) is 2. The predicted octanol–water partition coefficient (Wildman–Crippen LogP) is 3.60. The summed E-state index contributed by atoms with van der Waals surface area (Å²) in [6.07, 6.45) is 2.49. The third-order valence-corrected chi connectivity index (χ3v) is 3.72. The number of hydrogen-bond donors (Lipinski definition) is 1. The van der Waals surface area contributed by atoms with Crippen molar-refractivity contribution >= 4 is 20.4 Å². The van der Waals surface area contributed by atoms with Gasteiger partial charge in [-0.2, -0.15) is 0 Å². The summed E-state index contributed by atoms with van der Waals surface area (Å²) in [7, 11) is 2.28. The molecule has 1 heterocycles. The molecule has 2 aromatic rings. The van der Waals surface area contributed by atoms with Crippen LogP contribution in [0.25, 0.3) is 10.9 Å². The minimum Gasteiger partial charge on any atom is -0.480 e. The van der Waals surface area contributed by atoms with E-state index in [0.29, 0.717) is 13.1 Å². The van der Waals surface area contributed by atoms with Gasteiger partial charge < -0.3 is 9.51 Å². The highest BCUT2D eigenvalue weighted by atomic mass is 31.0. The van der Waals surface area contributed by atoms with Crippen molar-refractivity contribution in [2.75, 3.05) is 19.9 Å². The number of aryl methyl sites for hydroxylation is 1. The first kappa shape index (κ1) is 15.0. The van der Waals surface area contributed by atoms with Crippen LogP contribution in [0.2, 0.25) is 0 Å². The van der Waals surface area contributed by atoms with E-state index in [1.807, 2.05) is 25.1 Å². The lowest BCUT2D eigenvalue weighted by Crippen LogP contribution is -2.25. The third kappa shape index (κ3) is 3.02. The molecule has 0 saturated heterocycles. The molecule has 1 atom stereocenters. The minimum absolute atomic E-state index is 0.458. The fourth-order valence-electron chi connectivity index (χ4n) is 2.47. The molecule has 0 bridgehead atoms. The van der Waals surface area contributed by atoms with Gasteiger partial charge in [-0.05, 0) is 31.0 Å². The van der Waals surface area contributed by atoms with Gasteiger partial charge >= 0.3 is 0 Å². The molecule has 1 unspecified atom stereocenters. The zero-order valence-corrected chi connectivity index (χ0v) is 12.8. The van der Waals surface area contributed by atoms with Gasteiger partial charge in [0.05, 0.1) is 9.47 Å². The SMILES string of the molecule is C=CCN(CF)CCc1c(C)[nH]c2cccc(OP)c12. The summed E-state index contributed by atoms with van der Waals surface area (Å²) in [5.41, 5.74) is 3.33. The lowest BCUT2D eigenvalue weighted by molar-refractivity contribution is 0.206. The second-order valence-electron chi connectivity index (χ2n) is 4.76. The van der Waals surface area contributed by atoms with Crippen LogP contribution < -0.4 is 4.52 Å². The van der Waals surface area contributed by atoms with Crippen molar-refractivity contribution in [3.05, 3.63) is 42.1 Å². The minimum atomic E-state index is -0.458. The molecule has 0 saturated carbocycles. The van der Waals surface area contributed by atoms with E-state index in [-0.39, 0.29) is 0 Å². The fraction of sp³-hybridized carbons (Fsp3) is 0.333. The van der Waals surface area contributed by atoms with Crippen LogP contribution in [-0.2, 0) is 6.42 Å². The first-order chi connectivity index (χ1) is 9.71. The quantitative estimate of drug-likeness (QED) is 0.480. The highest BCUT2D eigenvalue weighted by Crippen LogP contribution is 2.32. The standard InChI is InChI=1S/C15H20FN2OP/c1-3-8-18(10-16)9-7-12-11(2)17-13-5-4-6-14(19-20)15(12)13/h3-6,17H,1,7-10,20H2,2H3. The van der Waals surface area contributed by atoms with Crippen molar-refractivity contribution in [3.8, 4) is 5.75 Å². The van der Waals surface area contributed by atoms with E-state index < -0.39 is 6.80 Å². The molecule has 0 amide bonds. The van der Waals surface area contributed by atoms with Crippen molar-refractivity contribution in [3.63, 3.8) is 0 Å². The molecular weight excluding hydrogens is 274 g/mol. The van der Waals surface area contributed by atoms with Crippen LogP contribution in [0.4, 0.5) is 4.39 Å². The van der Waals surface area contributed by atoms with Gasteiger partial charge in [0.2, 0.25) is 0 Å². The predicted molar refractivity (Wildman–Crippen MR) is 84.8 cm³/mol. The molecule has 0 aliphatic carbocycles. The number of nitrogens with one attached hydrogen (secondary N) is 1. The Kier molecular flexibility index (Phi) is 5.16. The molecule has 20 heavy (non-hydrogen) atoms. The molecule has 108 valence electrons. The fourth-order valence-corrected chi connectivity index (χ4v) is 2.67. The van der Waals surface area contributed by atoms with Crippen LogP contribution in [0.5, 0.6) is 5.75 Å². The first-order valence-electron chi connectivity index (χ1n) is 6.57. The van der Waals surface area contributed by atoms with Crippen molar-refractivity contribution in [1.82, 2.24) is 9.88 Å². The monoisotopic (exact) mass is 294 g/mol. The van der Waals surface area contributed by atoms with Crippen LogP contribution >= 0.6 is 9.47 Å². The Balaban J connectivity index is 2.29. The zero-order valence-electron chi connectivity index (χ0n) is 11.7. The zero-order chi connectivity index (χ0) is 14.5. The molecule has 0 aliphatic heterocycles. The highest BCUT2D eigenvalue weighted by molar-refractivity contribution is 7.10. The maximum absolute atomic E-state index is 12.9. The number of rotatable bonds is 7. The van der Waals surface area contributed by atoms with E-state index in [9.17, 15) is 4.39 Å². The molecule has 1 aromatic carbocycles. The Morgan fingerprint density at radius 2 is 2.30 bits per heavy atom. The third-order valence-electron chi connectivity index (χ3n) is 3.46. The highest BCUT2D eigenvalue weighted by Gasteiger charge is 2.13. The topological polar surface area (TPSA) is 28.3 Å². The Hall–Kier alpha value is -1.38. The number of alkyl halides is 1. The number of fused-ring (bicyclic) bond motifs is 1. The lowest BCUT2D eigenvalue weighted by atomic mass is 10.1. The molecule has 3 nitrogen and oxygen atoms in total. The van der Waals surface area contributed by atoms with Crippen LogP contribution in [0, 0.1) is 6.92 Å². The van der Waals surface area contributed by atoms with Crippen LogP contribution in [0.3, 0.4) is 0 Å². The molecule has 0 aliphatic rings. The van der Waals surface area contributed by atoms with Gasteiger partial charge in [-0.25, -0.2) is 4.39 Å². The maximum atomic E-state index is 12.9. The van der Waals surface area contributed by atoms with Crippen molar-refractivity contribution in [1.29, 1.82) is 0 Å². The number of halogens is 1. The number of benzene rings is 1. The average Bonchev–Trinajstić information content (AvgIpc) is 2.79. The molecule has 1 N–H and O–H groups in total. The summed E-state index contributed by atoms with van der Waals surface area (Å²) in [5.74, 6) is 0.822. The van der Waals surface area contributed by atoms with Crippen LogP contribution in [-0.4, -0.2) is 29.8 Å². The normalized spacial score (nSPS) is 11.2. The van der Waals surface area contributed by atoms with E-state index in [2.05, 4.69) is 21.0 Å². The number of aromatic nitrogens is 1. The Morgan fingerprint density at radius 1 is 1.50 bits per heavy atom. The second-order valence-corrected chi connectivity index (χ2v) is 5.00. The van der Waals surface area contributed by atoms with Gasteiger partial charge in [0.15, 0.2) is 0 Å². The molecule has 5 heteroatoms. The average molecular weight is 294 g/mol. The molecule has 0 spiro atoms. The summed E-state index contributed by atoms with van der Waals surface area (Å²) in [4.78, 5) is 5.07. The van der Waals surface area contributed by atoms with Crippen molar-refractivity contribution < 1.29 is 8.91 Å². The first-order valence-corrected chi connectivity index (χ1v) is 7.04. The van der Waals surface area contributed by atoms with Gasteiger partial charge in [0.1, 0.15) is 12.5 Å². The largest absolute Gasteiger partial charge is 0.480 e. The Bertz CT molecular complexity index is 597. The molecular formula is C15H20FN2OP. The Morgan fingerprint density at radius 3 is 2.95 bits per heavy atom. The van der Waals surface area contributed by atoms with Gasteiger partial charge in [-0.1, -0.05) is 12.1 Å². The van der Waals surface area contributed by atoms with Crippen molar-refractivity contribution in [2.45, 2.75) is 13.3 Å². The summed E-state index contributed by atoms with van der Waals surface area (Å²) >= 11 is 0. The second kappa shape index (κ2) is 6.87. The number of H-pyrrole nitrogens is 1. The summed E-state index contributed by atoms with van der Waals surface area (Å²) in [6.45, 7) is 6.44. The van der Waals surface area contributed by atoms with Gasteiger partial charge in [-0.15, -0.1) is 6.58 Å². The van der Waals surface area contributed by atoms with Crippen molar-refractivity contribution in [2.24, 2.45) is 0 Å². The van der Waals surface area contributed by atoms with Crippen LogP contribution in [0.15, 0.2) is 30.9 Å². The van der Waals surface area contributed by atoms with Gasteiger partial charge in [0.25, 0.3) is 0 Å². The molecule has 1 aromatic heterocycles. The number of nitrogens with zero attached hydrogens (tertiary/aromatic N) is 1. The van der Waals surface area contributed by atoms with Crippen LogP contribution in [0.1, 0.15) is 11.3 Å².